The predicted molar refractivity (Wildman–Crippen MR) is 90.5 cm³/mol. The minimum Gasteiger partial charge on any atom is -0.244 e. The molecule has 0 saturated carbocycles. The van der Waals surface area contributed by atoms with Crippen LogP contribution in [0.4, 0.5) is 0 Å². The number of aromatic nitrogens is 2. The molecule has 23 heavy (non-hydrogen) atoms. The molecular weight excluding hydrogens is 354 g/mol. The number of rotatable bonds is 3. The molecule has 2 aromatic carbocycles. The zero-order valence-corrected chi connectivity index (χ0v) is 14.8. The van der Waals surface area contributed by atoms with Crippen molar-refractivity contribution in [1.29, 1.82) is 0 Å². The Kier molecular flexibility index (Phi) is 3.95. The molecule has 3 rings (SSSR count). The molecular formula is C14H13N3O3S3. The van der Waals surface area contributed by atoms with Crippen molar-refractivity contribution in [3.8, 4) is 0 Å². The molecule has 0 radical (unpaired) electrons. The number of benzene rings is 2. The molecule has 120 valence electrons. The van der Waals surface area contributed by atoms with E-state index in [-0.39, 0.29) is 10.4 Å². The first-order chi connectivity index (χ1) is 10.8. The Hall–Kier alpha value is -1.84. The lowest BCUT2D eigenvalue weighted by atomic mass is 10.2. The van der Waals surface area contributed by atoms with E-state index in [9.17, 15) is 12.6 Å². The molecule has 0 unspecified atom stereocenters. The van der Waals surface area contributed by atoms with Crippen LogP contribution in [0.3, 0.4) is 0 Å². The predicted octanol–water partition coefficient (Wildman–Crippen LogP) is 2.85. The van der Waals surface area contributed by atoms with Crippen LogP contribution in [0, 0.1) is 6.92 Å². The molecule has 3 aromatic rings. The van der Waals surface area contributed by atoms with E-state index in [4.69, 9.17) is 0 Å². The summed E-state index contributed by atoms with van der Waals surface area (Å²) in [5.74, 6) is 0. The fourth-order valence-corrected chi connectivity index (χ4v) is 6.11. The fourth-order valence-electron chi connectivity index (χ4n) is 2.05. The van der Waals surface area contributed by atoms with E-state index in [1.54, 1.807) is 36.4 Å². The van der Waals surface area contributed by atoms with Crippen molar-refractivity contribution in [2.24, 2.45) is 3.77 Å². The number of hydrogen-bond acceptors (Lipinski definition) is 6. The van der Waals surface area contributed by atoms with Gasteiger partial charge in [0.25, 0.3) is 10.0 Å². The van der Waals surface area contributed by atoms with Gasteiger partial charge in [-0.05, 0) is 31.2 Å². The first kappa shape index (κ1) is 16.0. The maximum absolute atomic E-state index is 12.8. The molecule has 0 spiro atoms. The average molecular weight is 367 g/mol. The Balaban J connectivity index is 2.18. The van der Waals surface area contributed by atoms with Crippen molar-refractivity contribution < 1.29 is 12.6 Å². The largest absolute Gasteiger partial charge is 0.292 e. The van der Waals surface area contributed by atoms with Crippen LogP contribution in [0.1, 0.15) is 5.56 Å². The van der Waals surface area contributed by atoms with Gasteiger partial charge >= 0.3 is 0 Å². The van der Waals surface area contributed by atoms with Gasteiger partial charge in [-0.3, -0.25) is 0 Å². The third-order valence-corrected chi connectivity index (χ3v) is 7.72. The van der Waals surface area contributed by atoms with Gasteiger partial charge in [-0.2, -0.15) is 17.2 Å². The van der Waals surface area contributed by atoms with Gasteiger partial charge in [-0.15, -0.1) is 3.77 Å². The van der Waals surface area contributed by atoms with Gasteiger partial charge in [-0.25, -0.2) is 4.21 Å². The van der Waals surface area contributed by atoms with Gasteiger partial charge in [0, 0.05) is 11.2 Å². The fraction of sp³-hybridized carbons (Fsp3) is 0.143. The Morgan fingerprint density at radius 1 is 1.00 bits per heavy atom. The summed E-state index contributed by atoms with van der Waals surface area (Å²) in [5.41, 5.74) is 1.72. The van der Waals surface area contributed by atoms with E-state index >= 15 is 0 Å². The van der Waals surface area contributed by atoms with Crippen molar-refractivity contribution in [2.75, 3.05) is 6.26 Å². The second kappa shape index (κ2) is 5.66. The molecule has 0 aliphatic rings. The van der Waals surface area contributed by atoms with Gasteiger partial charge in [0.15, 0.2) is 0 Å². The third-order valence-electron chi connectivity index (χ3n) is 3.23. The van der Waals surface area contributed by atoms with Gasteiger partial charge in [0.05, 0.1) is 21.5 Å². The zero-order valence-electron chi connectivity index (χ0n) is 12.3. The number of hydrogen-bond donors (Lipinski definition) is 0. The highest BCUT2D eigenvalue weighted by Crippen LogP contribution is 2.25. The van der Waals surface area contributed by atoms with E-state index in [1.165, 1.54) is 12.3 Å². The van der Waals surface area contributed by atoms with E-state index in [2.05, 4.69) is 12.5 Å². The van der Waals surface area contributed by atoms with Crippen LogP contribution in [0.2, 0.25) is 0 Å². The molecule has 1 aromatic heterocycles. The summed E-state index contributed by atoms with van der Waals surface area (Å²) in [6.45, 7) is 1.89. The van der Waals surface area contributed by atoms with E-state index in [0.717, 1.165) is 17.3 Å². The quantitative estimate of drug-likeness (QED) is 0.710. The summed E-state index contributed by atoms with van der Waals surface area (Å²) in [6.07, 6.45) is 1.31. The maximum atomic E-state index is 12.8. The molecule has 0 amide bonds. The Labute approximate surface area is 138 Å². The van der Waals surface area contributed by atoms with Crippen LogP contribution in [0.25, 0.3) is 11.0 Å². The molecule has 0 bridgehead atoms. The number of fused-ring (bicyclic) bond motifs is 1. The van der Waals surface area contributed by atoms with E-state index in [1.807, 2.05) is 6.92 Å². The Bertz CT molecular complexity index is 1090. The van der Waals surface area contributed by atoms with Crippen molar-refractivity contribution >= 4 is 42.5 Å². The minimum atomic E-state index is -4.12. The lowest BCUT2D eigenvalue weighted by Gasteiger charge is -2.06. The van der Waals surface area contributed by atoms with Gasteiger partial charge < -0.3 is 0 Å². The summed E-state index contributed by atoms with van der Waals surface area (Å²) in [6, 6.07) is 11.4. The standard InChI is InChI=1S/C14H13N3O3S3/c1-10-6-8-11(9-7-10)22(2,18)17-23(19,20)13-5-3-4-12-14(13)16-21-15-12/h3-9H,1-2H3/t22-/m0/s1. The first-order valence-corrected chi connectivity index (χ1v) is 10.7. The summed E-state index contributed by atoms with van der Waals surface area (Å²) in [4.78, 5) is 0.292. The topological polar surface area (TPSA) is 89.4 Å². The molecule has 1 heterocycles. The zero-order chi connectivity index (χ0) is 16.7. The van der Waals surface area contributed by atoms with Crippen LogP contribution < -0.4 is 0 Å². The molecule has 1 atom stereocenters. The maximum Gasteiger partial charge on any atom is 0.292 e. The van der Waals surface area contributed by atoms with Gasteiger partial charge in [0.1, 0.15) is 15.9 Å². The highest BCUT2D eigenvalue weighted by atomic mass is 32.3. The van der Waals surface area contributed by atoms with Crippen molar-refractivity contribution in [3.05, 3.63) is 48.0 Å². The second-order valence-electron chi connectivity index (χ2n) is 5.05. The van der Waals surface area contributed by atoms with E-state index < -0.39 is 19.8 Å². The highest BCUT2D eigenvalue weighted by Gasteiger charge is 2.21. The smallest absolute Gasteiger partial charge is 0.244 e. The summed E-state index contributed by atoms with van der Waals surface area (Å²) in [5, 5.41) is 0. The SMILES string of the molecule is Cc1ccc([S@](C)(=O)=NS(=O)(=O)c2cccc3nsnc23)cc1. The Morgan fingerprint density at radius 2 is 1.70 bits per heavy atom. The average Bonchev–Trinajstić information content (AvgIpc) is 2.94. The van der Waals surface area contributed by atoms with Crippen molar-refractivity contribution in [3.63, 3.8) is 0 Å². The summed E-state index contributed by atoms with van der Waals surface area (Å²) >= 11 is 0.922. The van der Waals surface area contributed by atoms with Crippen LogP contribution in [0.15, 0.2) is 56.0 Å². The molecule has 0 aliphatic carbocycles. The molecule has 0 aliphatic heterocycles. The Morgan fingerprint density at radius 3 is 2.39 bits per heavy atom. The molecule has 9 heteroatoms. The second-order valence-corrected chi connectivity index (χ2v) is 9.64. The lowest BCUT2D eigenvalue weighted by molar-refractivity contribution is 0.598. The lowest BCUT2D eigenvalue weighted by Crippen LogP contribution is -2.05. The van der Waals surface area contributed by atoms with Crippen LogP contribution in [-0.4, -0.2) is 27.6 Å². The number of aryl methyl sites for hydroxylation is 1. The van der Waals surface area contributed by atoms with Gasteiger partial charge in [-0.1, -0.05) is 23.8 Å². The molecule has 6 nitrogen and oxygen atoms in total. The van der Waals surface area contributed by atoms with Crippen LogP contribution in [0.5, 0.6) is 0 Å². The van der Waals surface area contributed by atoms with Crippen LogP contribution in [-0.2, 0) is 19.8 Å². The normalized spacial score (nSPS) is 14.5. The van der Waals surface area contributed by atoms with E-state index in [0.29, 0.717) is 10.4 Å². The number of nitrogens with zero attached hydrogens (tertiary/aromatic N) is 3. The van der Waals surface area contributed by atoms with Crippen molar-refractivity contribution in [1.82, 2.24) is 8.75 Å². The molecule has 0 saturated heterocycles. The highest BCUT2D eigenvalue weighted by molar-refractivity contribution is 8.03. The summed E-state index contributed by atoms with van der Waals surface area (Å²) < 4.78 is 49.7. The van der Waals surface area contributed by atoms with Crippen LogP contribution >= 0.6 is 11.7 Å². The van der Waals surface area contributed by atoms with Crippen molar-refractivity contribution in [2.45, 2.75) is 16.7 Å². The monoisotopic (exact) mass is 367 g/mol. The molecule has 0 fully saturated rings. The number of sulfonamides is 1. The molecule has 0 N–H and O–H groups in total. The summed E-state index contributed by atoms with van der Waals surface area (Å²) in [7, 11) is -7.21. The third kappa shape index (κ3) is 3.12. The minimum absolute atomic E-state index is 0.0783. The first-order valence-electron chi connectivity index (χ1n) is 6.56. The van der Waals surface area contributed by atoms with Gasteiger partial charge in [0.2, 0.25) is 0 Å².